The van der Waals surface area contributed by atoms with Crippen LogP contribution in [0.4, 0.5) is 5.69 Å². The molecule has 0 saturated heterocycles. The van der Waals surface area contributed by atoms with E-state index in [2.05, 4.69) is 20.3 Å². The smallest absolute Gasteiger partial charge is 0.208 e. The fourth-order valence-corrected chi connectivity index (χ4v) is 3.13. The van der Waals surface area contributed by atoms with Gasteiger partial charge in [-0.15, -0.1) is 24.0 Å². The normalized spacial score (nSPS) is 14.3. The molecule has 31 heavy (non-hydrogen) atoms. The number of aliphatic imine (C=N–C) groups is 1. The van der Waals surface area contributed by atoms with Crippen molar-refractivity contribution < 1.29 is 17.9 Å². The fourth-order valence-electron chi connectivity index (χ4n) is 2.61. The van der Waals surface area contributed by atoms with Gasteiger partial charge >= 0.3 is 0 Å². The van der Waals surface area contributed by atoms with Crippen molar-refractivity contribution >= 4 is 45.6 Å². The number of hydrogen-bond donors (Lipinski definition) is 3. The third-order valence-corrected chi connectivity index (χ3v) is 4.99. The molecular weight excluding hydrogens is 531 g/mol. The SMILES string of the molecule is CC(C)Oc1ccc(NC(=NCCCOCC2CC2)NCCCNS(C)(=O)=O)cc1.I. The summed E-state index contributed by atoms with van der Waals surface area (Å²) in [6, 6.07) is 7.72. The second kappa shape index (κ2) is 14.9. The summed E-state index contributed by atoms with van der Waals surface area (Å²) < 4.78 is 36.1. The van der Waals surface area contributed by atoms with E-state index in [9.17, 15) is 8.42 Å². The lowest BCUT2D eigenvalue weighted by molar-refractivity contribution is 0.123. The van der Waals surface area contributed by atoms with E-state index < -0.39 is 10.0 Å². The third kappa shape index (κ3) is 14.6. The van der Waals surface area contributed by atoms with E-state index in [1.54, 1.807) is 0 Å². The van der Waals surface area contributed by atoms with E-state index in [-0.39, 0.29) is 30.1 Å². The van der Waals surface area contributed by atoms with Gasteiger partial charge in [0, 0.05) is 38.5 Å². The summed E-state index contributed by atoms with van der Waals surface area (Å²) in [6.07, 6.45) is 5.39. The molecular formula is C21H37IN4O4S. The Labute approximate surface area is 204 Å². The van der Waals surface area contributed by atoms with Gasteiger partial charge < -0.3 is 20.1 Å². The first-order chi connectivity index (χ1) is 14.3. The molecule has 3 N–H and O–H groups in total. The Morgan fingerprint density at radius 3 is 2.48 bits per heavy atom. The molecule has 2 rings (SSSR count). The maximum Gasteiger partial charge on any atom is 0.208 e. The molecule has 1 aromatic carbocycles. The number of hydrogen-bond acceptors (Lipinski definition) is 5. The maximum absolute atomic E-state index is 11.1. The van der Waals surface area contributed by atoms with Crippen LogP contribution in [0.1, 0.15) is 39.5 Å². The largest absolute Gasteiger partial charge is 0.491 e. The first-order valence-corrected chi connectivity index (χ1v) is 12.6. The molecule has 1 saturated carbocycles. The van der Waals surface area contributed by atoms with Gasteiger partial charge in [0.15, 0.2) is 5.96 Å². The van der Waals surface area contributed by atoms with Crippen molar-refractivity contribution in [3.63, 3.8) is 0 Å². The molecule has 0 amide bonds. The van der Waals surface area contributed by atoms with E-state index in [0.717, 1.165) is 36.6 Å². The summed E-state index contributed by atoms with van der Waals surface area (Å²) in [7, 11) is -3.16. The van der Waals surface area contributed by atoms with Crippen LogP contribution in [-0.2, 0) is 14.8 Å². The van der Waals surface area contributed by atoms with Crippen molar-refractivity contribution in [1.29, 1.82) is 0 Å². The minimum atomic E-state index is -3.16. The van der Waals surface area contributed by atoms with Crippen LogP contribution in [0, 0.1) is 5.92 Å². The second-order valence-corrected chi connectivity index (χ2v) is 9.70. The molecule has 0 radical (unpaired) electrons. The Balaban J connectivity index is 0.00000480. The lowest BCUT2D eigenvalue weighted by atomic mass is 10.3. The molecule has 0 aromatic heterocycles. The zero-order valence-electron chi connectivity index (χ0n) is 18.7. The van der Waals surface area contributed by atoms with Crippen molar-refractivity contribution in [1.82, 2.24) is 10.0 Å². The van der Waals surface area contributed by atoms with Gasteiger partial charge in [0.1, 0.15) is 5.75 Å². The number of halogens is 1. The number of nitrogens with one attached hydrogen (secondary N) is 3. The monoisotopic (exact) mass is 568 g/mol. The molecule has 0 spiro atoms. The van der Waals surface area contributed by atoms with Crippen molar-refractivity contribution in [2.24, 2.45) is 10.9 Å². The minimum absolute atomic E-state index is 0. The summed E-state index contributed by atoms with van der Waals surface area (Å²) in [5, 5.41) is 6.54. The van der Waals surface area contributed by atoms with Gasteiger partial charge in [-0.05, 0) is 69.7 Å². The summed E-state index contributed by atoms with van der Waals surface area (Å²) >= 11 is 0. The van der Waals surface area contributed by atoms with Crippen LogP contribution in [0.3, 0.4) is 0 Å². The molecule has 10 heteroatoms. The lowest BCUT2D eigenvalue weighted by Gasteiger charge is -2.14. The van der Waals surface area contributed by atoms with Crippen LogP contribution in [0.15, 0.2) is 29.3 Å². The first-order valence-electron chi connectivity index (χ1n) is 10.7. The molecule has 0 atom stereocenters. The van der Waals surface area contributed by atoms with E-state index in [1.807, 2.05) is 38.1 Å². The van der Waals surface area contributed by atoms with Crippen molar-refractivity contribution in [3.8, 4) is 5.75 Å². The van der Waals surface area contributed by atoms with Gasteiger partial charge in [-0.2, -0.15) is 0 Å². The van der Waals surface area contributed by atoms with Crippen LogP contribution in [-0.4, -0.2) is 59.6 Å². The van der Waals surface area contributed by atoms with Crippen molar-refractivity contribution in [2.45, 2.75) is 45.6 Å². The molecule has 0 unspecified atom stereocenters. The number of sulfonamides is 1. The molecule has 0 heterocycles. The molecule has 1 aliphatic rings. The quantitative estimate of drug-likeness (QED) is 0.138. The van der Waals surface area contributed by atoms with E-state index >= 15 is 0 Å². The number of nitrogens with zero attached hydrogens (tertiary/aromatic N) is 1. The highest BCUT2D eigenvalue weighted by atomic mass is 127. The van der Waals surface area contributed by atoms with Crippen LogP contribution in [0.2, 0.25) is 0 Å². The number of guanidine groups is 1. The average Bonchev–Trinajstić information content (AvgIpc) is 3.48. The van der Waals surface area contributed by atoms with Crippen LogP contribution >= 0.6 is 24.0 Å². The Bertz CT molecular complexity index is 753. The number of benzene rings is 1. The van der Waals surface area contributed by atoms with Crippen molar-refractivity contribution in [3.05, 3.63) is 24.3 Å². The van der Waals surface area contributed by atoms with E-state index in [1.165, 1.54) is 12.8 Å². The maximum atomic E-state index is 11.1. The van der Waals surface area contributed by atoms with Crippen LogP contribution < -0.4 is 20.1 Å². The third-order valence-electron chi connectivity index (χ3n) is 4.27. The Morgan fingerprint density at radius 1 is 1.16 bits per heavy atom. The fraction of sp³-hybridized carbons (Fsp3) is 0.667. The predicted octanol–water partition coefficient (Wildman–Crippen LogP) is 3.21. The molecule has 8 nitrogen and oxygen atoms in total. The summed E-state index contributed by atoms with van der Waals surface area (Å²) in [4.78, 5) is 4.61. The Morgan fingerprint density at radius 2 is 1.87 bits per heavy atom. The number of ether oxygens (including phenoxy) is 2. The van der Waals surface area contributed by atoms with Crippen molar-refractivity contribution in [2.75, 3.05) is 44.4 Å². The molecule has 1 aromatic rings. The van der Waals surface area contributed by atoms with Crippen LogP contribution in [0.25, 0.3) is 0 Å². The summed E-state index contributed by atoms with van der Waals surface area (Å²) in [6.45, 7) is 7.20. The van der Waals surface area contributed by atoms with Gasteiger partial charge in [0.25, 0.3) is 0 Å². The standard InChI is InChI=1S/C21H36N4O4S.HI/c1-17(2)29-20-10-8-19(9-11-20)25-21(22-12-4-14-24-30(3,26)27)23-13-5-15-28-16-18-6-7-18;/h8-11,17-18,24H,4-7,12-16H2,1-3H3,(H2,22,23,25);1H. The molecule has 1 fully saturated rings. The van der Waals surface area contributed by atoms with Crippen LogP contribution in [0.5, 0.6) is 5.75 Å². The topological polar surface area (TPSA) is 101 Å². The summed E-state index contributed by atoms with van der Waals surface area (Å²) in [5.41, 5.74) is 0.900. The highest BCUT2D eigenvalue weighted by Gasteiger charge is 2.20. The molecule has 1 aliphatic carbocycles. The highest BCUT2D eigenvalue weighted by molar-refractivity contribution is 14.0. The predicted molar refractivity (Wildman–Crippen MR) is 137 cm³/mol. The zero-order chi connectivity index (χ0) is 21.8. The highest BCUT2D eigenvalue weighted by Crippen LogP contribution is 2.28. The average molecular weight is 569 g/mol. The number of anilines is 1. The van der Waals surface area contributed by atoms with Gasteiger partial charge in [0.05, 0.1) is 12.4 Å². The lowest BCUT2D eigenvalue weighted by Crippen LogP contribution is -2.34. The Kier molecular flexibility index (Phi) is 13.4. The second-order valence-electron chi connectivity index (χ2n) is 7.86. The van der Waals surface area contributed by atoms with Gasteiger partial charge in [0.2, 0.25) is 10.0 Å². The van der Waals surface area contributed by atoms with Gasteiger partial charge in [-0.25, -0.2) is 13.1 Å². The Hall–Kier alpha value is -1.11. The first kappa shape index (κ1) is 27.9. The molecule has 0 aliphatic heterocycles. The molecule has 178 valence electrons. The van der Waals surface area contributed by atoms with Gasteiger partial charge in [-0.3, -0.25) is 4.99 Å². The minimum Gasteiger partial charge on any atom is -0.491 e. The van der Waals surface area contributed by atoms with E-state index in [4.69, 9.17) is 9.47 Å². The number of rotatable bonds is 14. The van der Waals surface area contributed by atoms with E-state index in [0.29, 0.717) is 38.6 Å². The molecule has 0 bridgehead atoms. The summed E-state index contributed by atoms with van der Waals surface area (Å²) in [5.74, 6) is 2.26. The van der Waals surface area contributed by atoms with Gasteiger partial charge in [-0.1, -0.05) is 0 Å². The zero-order valence-corrected chi connectivity index (χ0v) is 21.9.